The van der Waals surface area contributed by atoms with Crippen LogP contribution in [0.25, 0.3) is 0 Å². The molecular formula is C16H14F3N3. The zero-order valence-corrected chi connectivity index (χ0v) is 11.6. The van der Waals surface area contributed by atoms with Crippen LogP contribution in [-0.2, 0) is 19.3 Å². The van der Waals surface area contributed by atoms with Crippen molar-refractivity contribution in [2.24, 2.45) is 0 Å². The molecule has 0 atom stereocenters. The van der Waals surface area contributed by atoms with Crippen molar-refractivity contribution in [3.05, 3.63) is 64.7 Å². The molecular weight excluding hydrogens is 291 g/mol. The summed E-state index contributed by atoms with van der Waals surface area (Å²) in [6.45, 7) is 0.489. The Hall–Kier alpha value is -2.52. The minimum Gasteiger partial charge on any atom is -0.399 e. The van der Waals surface area contributed by atoms with E-state index in [1.807, 2.05) is 6.07 Å². The number of hydrogen-bond acceptors (Lipinski definition) is 3. The lowest BCUT2D eigenvalue weighted by Gasteiger charge is -2.14. The summed E-state index contributed by atoms with van der Waals surface area (Å²) in [5, 5.41) is 11.7. The first-order valence-electron chi connectivity index (χ1n) is 6.55. The van der Waals surface area contributed by atoms with Crippen LogP contribution in [0.1, 0.15) is 22.3 Å². The number of nitrogen functional groups attached to an aromatic ring is 1. The Morgan fingerprint density at radius 1 is 1.05 bits per heavy atom. The van der Waals surface area contributed by atoms with E-state index in [4.69, 9.17) is 11.0 Å². The number of hydrogen-bond donors (Lipinski definition) is 2. The second-order valence-electron chi connectivity index (χ2n) is 4.83. The Kier molecular flexibility index (Phi) is 4.68. The number of benzene rings is 2. The third-order valence-corrected chi connectivity index (χ3v) is 3.17. The maximum Gasteiger partial charge on any atom is 0.416 e. The van der Waals surface area contributed by atoms with Gasteiger partial charge in [-0.3, -0.25) is 0 Å². The van der Waals surface area contributed by atoms with Crippen molar-refractivity contribution >= 4 is 5.69 Å². The summed E-state index contributed by atoms with van der Waals surface area (Å²) in [5.74, 6) is 0. The van der Waals surface area contributed by atoms with Gasteiger partial charge >= 0.3 is 6.18 Å². The summed E-state index contributed by atoms with van der Waals surface area (Å²) < 4.78 is 38.8. The van der Waals surface area contributed by atoms with Gasteiger partial charge in [-0.05, 0) is 35.4 Å². The molecule has 3 nitrogen and oxygen atoms in total. The van der Waals surface area contributed by atoms with E-state index in [-0.39, 0.29) is 17.8 Å². The topological polar surface area (TPSA) is 61.8 Å². The van der Waals surface area contributed by atoms with E-state index < -0.39 is 11.7 Å². The smallest absolute Gasteiger partial charge is 0.399 e. The van der Waals surface area contributed by atoms with Crippen LogP contribution in [-0.4, -0.2) is 0 Å². The van der Waals surface area contributed by atoms with Crippen molar-refractivity contribution < 1.29 is 13.2 Å². The predicted octanol–water partition coefficient (Wildman–Crippen LogP) is 3.45. The van der Waals surface area contributed by atoms with Crippen molar-refractivity contribution in [2.45, 2.75) is 19.3 Å². The lowest BCUT2D eigenvalue weighted by atomic mass is 10.1. The van der Waals surface area contributed by atoms with Crippen molar-refractivity contribution in [1.82, 2.24) is 5.32 Å². The van der Waals surface area contributed by atoms with E-state index in [1.54, 1.807) is 24.3 Å². The fourth-order valence-electron chi connectivity index (χ4n) is 2.05. The molecule has 3 N–H and O–H groups in total. The van der Waals surface area contributed by atoms with E-state index in [0.29, 0.717) is 12.1 Å². The van der Waals surface area contributed by atoms with Crippen LogP contribution in [0.3, 0.4) is 0 Å². The van der Waals surface area contributed by atoms with Crippen LogP contribution in [0.5, 0.6) is 0 Å². The first-order valence-corrected chi connectivity index (χ1v) is 6.55. The van der Waals surface area contributed by atoms with Gasteiger partial charge in [-0.15, -0.1) is 0 Å². The lowest BCUT2D eigenvalue weighted by Crippen LogP contribution is -2.17. The van der Waals surface area contributed by atoms with Crippen LogP contribution in [0.15, 0.2) is 42.5 Å². The number of rotatable bonds is 4. The monoisotopic (exact) mass is 305 g/mol. The Labute approximate surface area is 126 Å². The molecule has 0 spiro atoms. The highest BCUT2D eigenvalue weighted by molar-refractivity contribution is 5.46. The normalized spacial score (nSPS) is 11.2. The zero-order valence-electron chi connectivity index (χ0n) is 11.6. The minimum absolute atomic E-state index is 0.0785. The highest BCUT2D eigenvalue weighted by atomic mass is 19.4. The molecule has 22 heavy (non-hydrogen) atoms. The zero-order chi connectivity index (χ0) is 16.2. The highest BCUT2D eigenvalue weighted by Gasteiger charge is 2.33. The van der Waals surface area contributed by atoms with Gasteiger partial charge in [0.1, 0.15) is 0 Å². The molecule has 0 heterocycles. The molecule has 0 aromatic heterocycles. The van der Waals surface area contributed by atoms with Crippen molar-refractivity contribution in [3.8, 4) is 6.07 Å². The summed E-state index contributed by atoms with van der Waals surface area (Å²) in [6, 6.07) is 12.6. The van der Waals surface area contributed by atoms with Gasteiger partial charge in [-0.1, -0.05) is 18.2 Å². The molecule has 2 aromatic carbocycles. The molecule has 0 aliphatic rings. The second kappa shape index (κ2) is 6.50. The maximum absolute atomic E-state index is 12.9. The number of nitrogens with one attached hydrogen (secondary N) is 1. The summed E-state index contributed by atoms with van der Waals surface area (Å²) in [6.07, 6.45) is -4.43. The summed E-state index contributed by atoms with van der Waals surface area (Å²) in [4.78, 5) is 0. The van der Waals surface area contributed by atoms with Crippen molar-refractivity contribution in [1.29, 1.82) is 5.26 Å². The quantitative estimate of drug-likeness (QED) is 0.851. The molecule has 2 rings (SSSR count). The third-order valence-electron chi connectivity index (χ3n) is 3.17. The van der Waals surface area contributed by atoms with Crippen LogP contribution < -0.4 is 11.1 Å². The minimum atomic E-state index is -4.43. The van der Waals surface area contributed by atoms with Crippen LogP contribution in [0.4, 0.5) is 18.9 Å². The van der Waals surface area contributed by atoms with E-state index in [2.05, 4.69) is 5.32 Å². The number of anilines is 1. The SMILES string of the molecule is N#Cc1ccc(CNCc2ccc(N)cc2C(F)(F)F)cc1. The maximum atomic E-state index is 12.9. The number of nitrogens with zero attached hydrogens (tertiary/aromatic N) is 1. The Morgan fingerprint density at radius 3 is 2.32 bits per heavy atom. The predicted molar refractivity (Wildman–Crippen MR) is 77.6 cm³/mol. The first-order chi connectivity index (χ1) is 10.4. The molecule has 0 radical (unpaired) electrons. The van der Waals surface area contributed by atoms with Gasteiger partial charge in [0.05, 0.1) is 17.2 Å². The molecule has 0 bridgehead atoms. The van der Waals surface area contributed by atoms with Gasteiger partial charge in [-0.25, -0.2) is 0 Å². The molecule has 0 aliphatic carbocycles. The molecule has 114 valence electrons. The van der Waals surface area contributed by atoms with E-state index in [0.717, 1.165) is 11.6 Å². The van der Waals surface area contributed by atoms with Gasteiger partial charge in [0.15, 0.2) is 0 Å². The average molecular weight is 305 g/mol. The van der Waals surface area contributed by atoms with Crippen molar-refractivity contribution in [3.63, 3.8) is 0 Å². The molecule has 6 heteroatoms. The molecule has 0 aliphatic heterocycles. The molecule has 0 fully saturated rings. The summed E-state index contributed by atoms with van der Waals surface area (Å²) in [7, 11) is 0. The molecule has 0 amide bonds. The molecule has 0 unspecified atom stereocenters. The fourth-order valence-corrected chi connectivity index (χ4v) is 2.05. The Morgan fingerprint density at radius 2 is 1.73 bits per heavy atom. The molecule has 0 saturated heterocycles. The van der Waals surface area contributed by atoms with Crippen LogP contribution >= 0.6 is 0 Å². The highest BCUT2D eigenvalue weighted by Crippen LogP contribution is 2.33. The largest absolute Gasteiger partial charge is 0.416 e. The molecule has 2 aromatic rings. The van der Waals surface area contributed by atoms with Gasteiger partial charge in [-0.2, -0.15) is 18.4 Å². The van der Waals surface area contributed by atoms with Crippen LogP contribution in [0.2, 0.25) is 0 Å². The third kappa shape index (κ3) is 3.99. The Bertz CT molecular complexity index is 685. The average Bonchev–Trinajstić information content (AvgIpc) is 2.48. The standard InChI is InChI=1S/C16H14F3N3/c17-16(18,19)15-7-14(21)6-5-13(15)10-22-9-12-3-1-11(8-20)2-4-12/h1-7,22H,9-10,21H2. The fraction of sp³-hybridized carbons (Fsp3) is 0.188. The van der Waals surface area contributed by atoms with Gasteiger partial charge < -0.3 is 11.1 Å². The van der Waals surface area contributed by atoms with Gasteiger partial charge in [0.2, 0.25) is 0 Å². The summed E-state index contributed by atoms with van der Waals surface area (Å²) >= 11 is 0. The number of halogens is 3. The van der Waals surface area contributed by atoms with Crippen LogP contribution in [0, 0.1) is 11.3 Å². The van der Waals surface area contributed by atoms with E-state index >= 15 is 0 Å². The molecule has 0 saturated carbocycles. The van der Waals surface area contributed by atoms with E-state index in [9.17, 15) is 13.2 Å². The summed E-state index contributed by atoms with van der Waals surface area (Å²) in [5.41, 5.74) is 6.37. The lowest BCUT2D eigenvalue weighted by molar-refractivity contribution is -0.138. The van der Waals surface area contributed by atoms with Gasteiger partial charge in [0, 0.05) is 18.8 Å². The number of nitriles is 1. The van der Waals surface area contributed by atoms with Crippen molar-refractivity contribution in [2.75, 3.05) is 5.73 Å². The second-order valence-corrected chi connectivity index (χ2v) is 4.83. The Balaban J connectivity index is 2.04. The number of alkyl halides is 3. The van der Waals surface area contributed by atoms with Gasteiger partial charge in [0.25, 0.3) is 0 Å². The number of nitrogens with two attached hydrogens (primary N) is 1. The first kappa shape index (κ1) is 15.9. The van der Waals surface area contributed by atoms with E-state index in [1.165, 1.54) is 12.1 Å².